The van der Waals surface area contributed by atoms with Crippen molar-refractivity contribution in [3.8, 4) is 0 Å². The smallest absolute Gasteiger partial charge is 0.247 e. The fourth-order valence-corrected chi connectivity index (χ4v) is 3.94. The van der Waals surface area contributed by atoms with Gasteiger partial charge in [-0.1, -0.05) is 61.2 Å². The highest BCUT2D eigenvalue weighted by molar-refractivity contribution is 7.98. The van der Waals surface area contributed by atoms with Gasteiger partial charge in [-0.3, -0.25) is 9.36 Å². The molecule has 0 saturated carbocycles. The van der Waals surface area contributed by atoms with Gasteiger partial charge in [-0.15, -0.1) is 10.2 Å². The molecule has 1 aromatic heterocycles. The van der Waals surface area contributed by atoms with Crippen molar-refractivity contribution in [2.75, 3.05) is 11.1 Å². The Kier molecular flexibility index (Phi) is 6.36. The number of carbonyl (C=O) groups is 1. The minimum atomic E-state index is -0.479. The number of hydrogen-bond acceptors (Lipinski definition) is 5. The van der Waals surface area contributed by atoms with Crippen molar-refractivity contribution in [3.63, 3.8) is 0 Å². The van der Waals surface area contributed by atoms with E-state index in [1.54, 1.807) is 4.57 Å². The van der Waals surface area contributed by atoms with Gasteiger partial charge >= 0.3 is 0 Å². The third-order valence-electron chi connectivity index (χ3n) is 4.77. The summed E-state index contributed by atoms with van der Waals surface area (Å²) in [5.74, 6) is 0.858. The van der Waals surface area contributed by atoms with E-state index in [1.165, 1.54) is 17.3 Å². The predicted octanol–water partition coefficient (Wildman–Crippen LogP) is 4.36. The molecule has 6 nitrogen and oxygen atoms in total. The van der Waals surface area contributed by atoms with Crippen LogP contribution in [-0.2, 0) is 10.5 Å². The molecule has 0 fully saturated rings. The van der Waals surface area contributed by atoms with Gasteiger partial charge in [0.05, 0.1) is 0 Å². The summed E-state index contributed by atoms with van der Waals surface area (Å²) in [6.07, 6.45) is 0.581. The lowest BCUT2D eigenvalue weighted by atomic mass is 10.1. The Morgan fingerprint density at radius 1 is 1.14 bits per heavy atom. The summed E-state index contributed by atoms with van der Waals surface area (Å²) in [5.41, 5.74) is 10.2. The van der Waals surface area contributed by atoms with E-state index in [1.807, 2.05) is 57.2 Å². The summed E-state index contributed by atoms with van der Waals surface area (Å²) in [4.78, 5) is 13.0. The maximum atomic E-state index is 13.0. The molecule has 0 aliphatic carbocycles. The summed E-state index contributed by atoms with van der Waals surface area (Å²) in [6.45, 7) is 5.98. The Morgan fingerprint density at radius 2 is 1.89 bits per heavy atom. The molecular weight excluding hydrogens is 370 g/mol. The number of aryl methyl sites for hydroxylation is 1. The van der Waals surface area contributed by atoms with Crippen LogP contribution in [0.4, 0.5) is 11.6 Å². The van der Waals surface area contributed by atoms with E-state index >= 15 is 0 Å². The lowest BCUT2D eigenvalue weighted by molar-refractivity contribution is -0.119. The molecule has 0 bridgehead atoms. The van der Waals surface area contributed by atoms with E-state index in [2.05, 4.69) is 27.6 Å². The van der Waals surface area contributed by atoms with Crippen LogP contribution in [0, 0.1) is 13.8 Å². The number of aromatic nitrogens is 3. The lowest BCUT2D eigenvalue weighted by Gasteiger charge is -2.20. The predicted molar refractivity (Wildman–Crippen MR) is 114 cm³/mol. The summed E-state index contributed by atoms with van der Waals surface area (Å²) in [5, 5.41) is 11.9. The summed E-state index contributed by atoms with van der Waals surface area (Å²) in [6, 6.07) is 15.5. The van der Waals surface area contributed by atoms with Crippen LogP contribution in [0.1, 0.15) is 36.1 Å². The fourth-order valence-electron chi connectivity index (χ4n) is 2.99. The van der Waals surface area contributed by atoms with E-state index in [-0.39, 0.29) is 11.9 Å². The Morgan fingerprint density at radius 3 is 2.61 bits per heavy atom. The summed E-state index contributed by atoms with van der Waals surface area (Å²) < 4.78 is 1.73. The maximum absolute atomic E-state index is 13.0. The number of benzene rings is 2. The minimum absolute atomic E-state index is 0.121. The van der Waals surface area contributed by atoms with Gasteiger partial charge in [0, 0.05) is 11.4 Å². The van der Waals surface area contributed by atoms with Crippen LogP contribution in [0.2, 0.25) is 0 Å². The monoisotopic (exact) mass is 395 g/mol. The Balaban J connectivity index is 1.81. The summed E-state index contributed by atoms with van der Waals surface area (Å²) in [7, 11) is 0. The zero-order chi connectivity index (χ0) is 20.1. The number of nitrogens with one attached hydrogen (secondary N) is 1. The fraction of sp³-hybridized carbons (Fsp3) is 0.286. The highest BCUT2D eigenvalue weighted by Crippen LogP contribution is 2.29. The van der Waals surface area contributed by atoms with Crippen molar-refractivity contribution < 1.29 is 4.79 Å². The molecule has 0 spiro atoms. The largest absolute Gasteiger partial charge is 0.368 e. The average Bonchev–Trinajstić information content (AvgIpc) is 3.06. The molecule has 3 N–H and O–H groups in total. The first-order valence-electron chi connectivity index (χ1n) is 9.25. The molecule has 0 saturated heterocycles. The van der Waals surface area contributed by atoms with Crippen LogP contribution in [0.5, 0.6) is 0 Å². The number of hydrogen-bond donors (Lipinski definition) is 2. The van der Waals surface area contributed by atoms with Crippen LogP contribution in [0.3, 0.4) is 0 Å². The van der Waals surface area contributed by atoms with Gasteiger partial charge in [0.15, 0.2) is 5.16 Å². The van der Waals surface area contributed by atoms with Gasteiger partial charge in [-0.2, -0.15) is 0 Å². The molecule has 3 rings (SSSR count). The van der Waals surface area contributed by atoms with Crippen LogP contribution < -0.4 is 11.1 Å². The van der Waals surface area contributed by atoms with E-state index < -0.39 is 6.04 Å². The molecule has 146 valence electrons. The third-order valence-corrected chi connectivity index (χ3v) is 5.78. The minimum Gasteiger partial charge on any atom is -0.368 e. The molecule has 0 aliphatic heterocycles. The zero-order valence-electron chi connectivity index (χ0n) is 16.3. The molecule has 3 aromatic rings. The van der Waals surface area contributed by atoms with Crippen LogP contribution in [0.25, 0.3) is 0 Å². The molecular formula is C21H25N5OS. The van der Waals surface area contributed by atoms with E-state index in [9.17, 15) is 4.79 Å². The third kappa shape index (κ3) is 4.36. The second-order valence-corrected chi connectivity index (χ2v) is 7.59. The van der Waals surface area contributed by atoms with Crippen LogP contribution >= 0.6 is 11.8 Å². The number of thioether (sulfide) groups is 1. The molecule has 0 radical (unpaired) electrons. The van der Waals surface area contributed by atoms with Crippen molar-refractivity contribution in [1.29, 1.82) is 0 Å². The van der Waals surface area contributed by atoms with Gasteiger partial charge in [-0.25, -0.2) is 0 Å². The Hall–Kier alpha value is -2.80. The summed E-state index contributed by atoms with van der Waals surface area (Å²) >= 11 is 1.52. The number of anilines is 2. The molecule has 28 heavy (non-hydrogen) atoms. The topological polar surface area (TPSA) is 85.8 Å². The van der Waals surface area contributed by atoms with Gasteiger partial charge in [0.2, 0.25) is 11.9 Å². The van der Waals surface area contributed by atoms with Crippen molar-refractivity contribution >= 4 is 29.3 Å². The number of nitrogens with zero attached hydrogens (tertiary/aromatic N) is 3. The van der Waals surface area contributed by atoms with Crippen molar-refractivity contribution in [1.82, 2.24) is 14.8 Å². The molecule has 1 heterocycles. The highest BCUT2D eigenvalue weighted by Gasteiger charge is 2.25. The maximum Gasteiger partial charge on any atom is 0.247 e. The van der Waals surface area contributed by atoms with Crippen LogP contribution in [-0.4, -0.2) is 20.7 Å². The first-order valence-corrected chi connectivity index (χ1v) is 10.2. The van der Waals surface area contributed by atoms with Gasteiger partial charge in [-0.05, 0) is 43.0 Å². The number of nitrogen functional groups attached to an aromatic ring is 1. The van der Waals surface area contributed by atoms with E-state index in [4.69, 9.17) is 5.73 Å². The van der Waals surface area contributed by atoms with E-state index in [0.29, 0.717) is 11.6 Å². The molecule has 7 heteroatoms. The van der Waals surface area contributed by atoms with Crippen molar-refractivity contribution in [3.05, 3.63) is 65.2 Å². The SMILES string of the molecule is CCC(C(=O)Nc1cccc(C)c1C)n1c(N)nnc1SCc1ccccc1. The molecule has 1 unspecified atom stereocenters. The number of nitrogens with two attached hydrogens (primary N) is 1. The van der Waals surface area contributed by atoms with Crippen molar-refractivity contribution in [2.45, 2.75) is 44.1 Å². The number of amides is 1. The van der Waals surface area contributed by atoms with E-state index in [0.717, 1.165) is 22.6 Å². The van der Waals surface area contributed by atoms with Crippen LogP contribution in [0.15, 0.2) is 53.7 Å². The first-order chi connectivity index (χ1) is 13.5. The standard InChI is InChI=1S/C21H25N5OS/c1-4-18(19(27)23-17-12-8-9-14(2)15(17)3)26-20(22)24-25-21(26)28-13-16-10-6-5-7-11-16/h5-12,18H,4,13H2,1-3H3,(H2,22,24)(H,23,27). The molecule has 1 atom stereocenters. The van der Waals surface area contributed by atoms with Gasteiger partial charge < -0.3 is 11.1 Å². The van der Waals surface area contributed by atoms with Crippen molar-refractivity contribution in [2.24, 2.45) is 0 Å². The first kappa shape index (κ1) is 19.9. The highest BCUT2D eigenvalue weighted by atomic mass is 32.2. The number of carbonyl (C=O) groups excluding carboxylic acids is 1. The zero-order valence-corrected chi connectivity index (χ0v) is 17.2. The Bertz CT molecular complexity index is 955. The normalized spacial score (nSPS) is 12.0. The lowest BCUT2D eigenvalue weighted by Crippen LogP contribution is -2.27. The van der Waals surface area contributed by atoms with Gasteiger partial charge in [0.1, 0.15) is 6.04 Å². The quantitative estimate of drug-likeness (QED) is 0.581. The molecule has 2 aromatic carbocycles. The molecule has 1 amide bonds. The van der Waals surface area contributed by atoms with Gasteiger partial charge in [0.25, 0.3) is 0 Å². The second-order valence-electron chi connectivity index (χ2n) is 6.65. The Labute approximate surface area is 169 Å². The second kappa shape index (κ2) is 8.93. The average molecular weight is 396 g/mol. The number of rotatable bonds is 7. The molecule has 0 aliphatic rings.